The Balaban J connectivity index is 1.26. The van der Waals surface area contributed by atoms with Crippen molar-refractivity contribution in [2.75, 3.05) is 42.9 Å². The highest BCUT2D eigenvalue weighted by Gasteiger charge is 2.21. The minimum atomic E-state index is -0.131. The first-order valence-electron chi connectivity index (χ1n) is 12.4. The maximum absolute atomic E-state index is 13.0. The summed E-state index contributed by atoms with van der Waals surface area (Å²) < 4.78 is 0. The largest absolute Gasteiger partial charge is 0.352 e. The van der Waals surface area contributed by atoms with E-state index in [0.29, 0.717) is 24.3 Å². The number of fused-ring (bicyclic) bond motifs is 1. The Labute approximate surface area is 197 Å². The van der Waals surface area contributed by atoms with E-state index in [1.54, 1.807) is 24.3 Å². The zero-order chi connectivity index (χ0) is 23.0. The summed E-state index contributed by atoms with van der Waals surface area (Å²) in [6.07, 6.45) is 6.64. The zero-order valence-electron chi connectivity index (χ0n) is 19.7. The number of hydrogen-bond donors (Lipinski definition) is 2. The second-order valence-electron chi connectivity index (χ2n) is 9.40. The summed E-state index contributed by atoms with van der Waals surface area (Å²) in [7, 11) is 0. The third-order valence-electron chi connectivity index (χ3n) is 6.68. The third kappa shape index (κ3) is 6.35. The van der Waals surface area contributed by atoms with Gasteiger partial charge in [0, 0.05) is 36.6 Å². The van der Waals surface area contributed by atoms with E-state index < -0.39 is 0 Å². The quantitative estimate of drug-likeness (QED) is 0.617. The van der Waals surface area contributed by atoms with Gasteiger partial charge in [0.2, 0.25) is 0 Å². The fourth-order valence-corrected chi connectivity index (χ4v) is 4.89. The topological polar surface area (TPSA) is 64.7 Å². The average Bonchev–Trinajstić information content (AvgIpc) is 3.05. The number of para-hydroxylation sites is 1. The van der Waals surface area contributed by atoms with Gasteiger partial charge < -0.3 is 15.5 Å². The molecule has 2 aliphatic heterocycles. The second kappa shape index (κ2) is 11.3. The fourth-order valence-electron chi connectivity index (χ4n) is 4.89. The molecule has 2 heterocycles. The molecule has 6 nitrogen and oxygen atoms in total. The van der Waals surface area contributed by atoms with Crippen LogP contribution in [-0.4, -0.2) is 49.6 Å². The smallest absolute Gasteiger partial charge is 0.326 e. The number of benzene rings is 2. The molecule has 2 N–H and O–H groups in total. The molecule has 176 valence electrons. The predicted octanol–water partition coefficient (Wildman–Crippen LogP) is 4.91. The summed E-state index contributed by atoms with van der Waals surface area (Å²) in [6, 6.07) is 15.1. The van der Waals surface area contributed by atoms with Crippen LogP contribution in [0.15, 0.2) is 48.5 Å². The number of nitrogens with one attached hydrogen (secondary N) is 2. The van der Waals surface area contributed by atoms with Crippen LogP contribution in [0.2, 0.25) is 0 Å². The van der Waals surface area contributed by atoms with Crippen LogP contribution in [0.5, 0.6) is 0 Å². The number of aryl methyl sites for hydroxylation is 1. The number of hydrogen-bond acceptors (Lipinski definition) is 3. The summed E-state index contributed by atoms with van der Waals surface area (Å²) in [5.41, 5.74) is 3.51. The number of carbonyl (C=O) groups excluding carboxylic acids is 2. The van der Waals surface area contributed by atoms with Gasteiger partial charge in [-0.1, -0.05) is 25.1 Å². The number of amides is 3. The van der Waals surface area contributed by atoms with Gasteiger partial charge in [0.05, 0.1) is 0 Å². The number of rotatable bonds is 6. The first kappa shape index (κ1) is 23.3. The summed E-state index contributed by atoms with van der Waals surface area (Å²) >= 11 is 0. The maximum atomic E-state index is 13.0. The van der Waals surface area contributed by atoms with Gasteiger partial charge in [0.1, 0.15) is 0 Å². The van der Waals surface area contributed by atoms with Gasteiger partial charge in [-0.25, -0.2) is 4.79 Å². The highest BCUT2D eigenvalue weighted by Crippen LogP contribution is 2.26. The van der Waals surface area contributed by atoms with Crippen molar-refractivity contribution in [3.05, 3.63) is 59.7 Å². The monoisotopic (exact) mass is 448 g/mol. The molecule has 2 aliphatic rings. The van der Waals surface area contributed by atoms with Crippen molar-refractivity contribution in [2.24, 2.45) is 5.92 Å². The molecule has 0 spiro atoms. The Morgan fingerprint density at radius 2 is 1.82 bits per heavy atom. The van der Waals surface area contributed by atoms with Gasteiger partial charge in [-0.15, -0.1) is 0 Å². The van der Waals surface area contributed by atoms with Gasteiger partial charge in [-0.3, -0.25) is 9.69 Å². The zero-order valence-corrected chi connectivity index (χ0v) is 19.7. The molecule has 0 radical (unpaired) electrons. The van der Waals surface area contributed by atoms with Crippen molar-refractivity contribution in [3.63, 3.8) is 0 Å². The number of nitrogens with zero attached hydrogens (tertiary/aromatic N) is 2. The van der Waals surface area contributed by atoms with Crippen LogP contribution >= 0.6 is 0 Å². The molecule has 1 saturated heterocycles. The number of likely N-dealkylation sites (tertiary alicyclic amines) is 1. The molecule has 0 bridgehead atoms. The predicted molar refractivity (Wildman–Crippen MR) is 134 cm³/mol. The van der Waals surface area contributed by atoms with Crippen molar-refractivity contribution >= 4 is 23.3 Å². The van der Waals surface area contributed by atoms with Gasteiger partial charge in [-0.2, -0.15) is 0 Å². The van der Waals surface area contributed by atoms with E-state index >= 15 is 0 Å². The molecular weight excluding hydrogens is 412 g/mol. The van der Waals surface area contributed by atoms with Crippen LogP contribution < -0.4 is 15.5 Å². The lowest BCUT2D eigenvalue weighted by atomic mass is 10.0. The first-order chi connectivity index (χ1) is 16.1. The number of anilines is 2. The number of urea groups is 1. The highest BCUT2D eigenvalue weighted by molar-refractivity contribution is 6.02. The first-order valence-corrected chi connectivity index (χ1v) is 12.4. The Kier molecular flexibility index (Phi) is 8.00. The van der Waals surface area contributed by atoms with E-state index in [0.717, 1.165) is 43.8 Å². The van der Waals surface area contributed by atoms with Gasteiger partial charge >= 0.3 is 6.03 Å². The number of carbonyl (C=O) groups is 2. The Hall–Kier alpha value is -2.86. The van der Waals surface area contributed by atoms with E-state index in [4.69, 9.17) is 0 Å². The SMILES string of the molecule is C[C@H]1CCCN(CCCNC(=O)c2ccc(NC(=O)N3CCCCc4ccccc43)cc2)C1. The second-order valence-corrected chi connectivity index (χ2v) is 9.40. The molecule has 0 aliphatic carbocycles. The van der Waals surface area contributed by atoms with Crippen molar-refractivity contribution in [1.29, 1.82) is 0 Å². The summed E-state index contributed by atoms with van der Waals surface area (Å²) in [4.78, 5) is 29.8. The number of piperidine rings is 1. The van der Waals surface area contributed by atoms with Crippen molar-refractivity contribution < 1.29 is 9.59 Å². The summed E-state index contributed by atoms with van der Waals surface area (Å²) in [5, 5.41) is 6.01. The molecule has 3 amide bonds. The van der Waals surface area contributed by atoms with Crippen molar-refractivity contribution in [2.45, 2.75) is 45.4 Å². The summed E-state index contributed by atoms with van der Waals surface area (Å²) in [5.74, 6) is 0.711. The Morgan fingerprint density at radius 1 is 1.00 bits per heavy atom. The lowest BCUT2D eigenvalue weighted by Gasteiger charge is -2.30. The molecule has 2 aromatic carbocycles. The molecule has 0 unspecified atom stereocenters. The Morgan fingerprint density at radius 3 is 2.64 bits per heavy atom. The molecule has 1 atom stereocenters. The van der Waals surface area contributed by atoms with Gasteiger partial charge in [-0.05, 0) is 93.4 Å². The lowest BCUT2D eigenvalue weighted by Crippen LogP contribution is -2.36. The van der Waals surface area contributed by atoms with Crippen LogP contribution in [0.1, 0.15) is 54.9 Å². The highest BCUT2D eigenvalue weighted by atomic mass is 16.2. The van der Waals surface area contributed by atoms with E-state index in [-0.39, 0.29) is 11.9 Å². The molecule has 2 aromatic rings. The average molecular weight is 449 g/mol. The third-order valence-corrected chi connectivity index (χ3v) is 6.68. The molecule has 1 fully saturated rings. The van der Waals surface area contributed by atoms with Crippen LogP contribution in [0.3, 0.4) is 0 Å². The lowest BCUT2D eigenvalue weighted by molar-refractivity contribution is 0.0950. The minimum absolute atomic E-state index is 0.0682. The molecule has 33 heavy (non-hydrogen) atoms. The standard InChI is InChI=1S/C27H36N4O2/c1-21-8-6-17-30(20-21)18-7-16-28-26(32)23-12-14-24(15-13-23)29-27(33)31-19-5-4-10-22-9-2-3-11-25(22)31/h2-3,9,11-15,21H,4-8,10,16-20H2,1H3,(H,28,32)(H,29,33)/t21-/m0/s1. The van der Waals surface area contributed by atoms with Crippen LogP contribution in [0, 0.1) is 5.92 Å². The molecule has 0 saturated carbocycles. The maximum Gasteiger partial charge on any atom is 0.326 e. The van der Waals surface area contributed by atoms with E-state index in [2.05, 4.69) is 28.5 Å². The molecule has 0 aromatic heterocycles. The molecule has 4 rings (SSSR count). The van der Waals surface area contributed by atoms with Gasteiger partial charge in [0.15, 0.2) is 0 Å². The van der Waals surface area contributed by atoms with Crippen molar-refractivity contribution in [3.8, 4) is 0 Å². The van der Waals surface area contributed by atoms with Crippen molar-refractivity contribution in [1.82, 2.24) is 10.2 Å². The fraction of sp³-hybridized carbons (Fsp3) is 0.481. The van der Waals surface area contributed by atoms with E-state index in [9.17, 15) is 9.59 Å². The summed E-state index contributed by atoms with van der Waals surface area (Å²) in [6.45, 7) is 7.08. The van der Waals surface area contributed by atoms with Crippen LogP contribution in [0.4, 0.5) is 16.2 Å². The normalized spacial score (nSPS) is 18.8. The van der Waals surface area contributed by atoms with Gasteiger partial charge in [0.25, 0.3) is 5.91 Å². The minimum Gasteiger partial charge on any atom is -0.352 e. The van der Waals surface area contributed by atoms with Crippen LogP contribution in [-0.2, 0) is 6.42 Å². The van der Waals surface area contributed by atoms with E-state index in [1.807, 2.05) is 23.1 Å². The van der Waals surface area contributed by atoms with E-state index in [1.165, 1.54) is 31.5 Å². The Bertz CT molecular complexity index is 943. The molecular formula is C27H36N4O2. The van der Waals surface area contributed by atoms with Crippen LogP contribution in [0.25, 0.3) is 0 Å². The molecule has 6 heteroatoms.